The molecule has 17 heavy (non-hydrogen) atoms. The molecule has 0 saturated carbocycles. The third kappa shape index (κ3) is 2.97. The van der Waals surface area contributed by atoms with E-state index < -0.39 is 0 Å². The first kappa shape index (κ1) is 11.9. The number of rotatable bonds is 4. The highest BCUT2D eigenvalue weighted by molar-refractivity contribution is 7.11. The molecule has 2 aromatic heterocycles. The van der Waals surface area contributed by atoms with Crippen LogP contribution in [0.5, 0.6) is 0 Å². The van der Waals surface area contributed by atoms with E-state index in [2.05, 4.69) is 35.4 Å². The van der Waals surface area contributed by atoms with Gasteiger partial charge in [0.1, 0.15) is 0 Å². The fourth-order valence-electron chi connectivity index (χ4n) is 1.65. The Morgan fingerprint density at radius 1 is 1.29 bits per heavy atom. The van der Waals surface area contributed by atoms with E-state index in [0.29, 0.717) is 0 Å². The van der Waals surface area contributed by atoms with Crippen LogP contribution in [-0.2, 0) is 6.54 Å². The largest absolute Gasteiger partial charge is 0.377 e. The minimum atomic E-state index is 0.852. The molecule has 2 aromatic rings. The lowest BCUT2D eigenvalue weighted by Gasteiger charge is -2.16. The molecule has 0 amide bonds. The topological polar surface area (TPSA) is 28.2 Å². The Kier molecular flexibility index (Phi) is 3.64. The van der Waals surface area contributed by atoms with E-state index in [4.69, 9.17) is 0 Å². The minimum Gasteiger partial charge on any atom is -0.377 e. The number of nitrogens with zero attached hydrogens (tertiary/aromatic N) is 2. The lowest BCUT2D eigenvalue weighted by molar-refractivity contribution is 1.05. The van der Waals surface area contributed by atoms with Crippen molar-refractivity contribution in [3.05, 3.63) is 40.2 Å². The Morgan fingerprint density at radius 3 is 2.76 bits per heavy atom. The molecule has 1 N–H and O–H groups in total. The van der Waals surface area contributed by atoms with E-state index >= 15 is 0 Å². The number of aryl methyl sites for hydroxylation is 1. The number of hydrogen-bond donors (Lipinski definition) is 1. The summed E-state index contributed by atoms with van der Waals surface area (Å²) in [6, 6.07) is 8.33. The van der Waals surface area contributed by atoms with Crippen LogP contribution in [0, 0.1) is 6.92 Å². The van der Waals surface area contributed by atoms with Crippen molar-refractivity contribution >= 4 is 22.8 Å². The predicted molar refractivity (Wildman–Crippen MR) is 74.9 cm³/mol. The zero-order valence-electron chi connectivity index (χ0n) is 10.4. The molecule has 0 fully saturated rings. The van der Waals surface area contributed by atoms with Crippen molar-refractivity contribution < 1.29 is 0 Å². The first-order valence-electron chi connectivity index (χ1n) is 5.58. The molecule has 2 heterocycles. The van der Waals surface area contributed by atoms with Gasteiger partial charge in [0.15, 0.2) is 5.82 Å². The van der Waals surface area contributed by atoms with Gasteiger partial charge in [0.2, 0.25) is 0 Å². The van der Waals surface area contributed by atoms with Crippen LogP contribution in [-0.4, -0.2) is 19.1 Å². The SMILES string of the molecule is Cc1ccc(CNc2cccnc2N(C)C)s1. The fourth-order valence-corrected chi connectivity index (χ4v) is 2.48. The number of nitrogens with one attached hydrogen (secondary N) is 1. The standard InChI is InChI=1S/C13H17N3S/c1-10-6-7-11(17-10)9-15-12-5-4-8-14-13(12)16(2)3/h4-8,15H,9H2,1-3H3. The summed E-state index contributed by atoms with van der Waals surface area (Å²) < 4.78 is 0. The molecule has 0 aliphatic heterocycles. The summed E-state index contributed by atoms with van der Waals surface area (Å²) in [6.45, 7) is 2.98. The predicted octanol–water partition coefficient (Wildman–Crippen LogP) is 3.13. The number of anilines is 2. The zero-order chi connectivity index (χ0) is 12.3. The monoisotopic (exact) mass is 247 g/mol. The van der Waals surface area contributed by atoms with Crippen molar-refractivity contribution in [3.8, 4) is 0 Å². The molecule has 0 aliphatic carbocycles. The summed E-state index contributed by atoms with van der Waals surface area (Å²) in [4.78, 5) is 9.07. The summed E-state index contributed by atoms with van der Waals surface area (Å²) in [7, 11) is 4.01. The van der Waals surface area contributed by atoms with Crippen LogP contribution < -0.4 is 10.2 Å². The van der Waals surface area contributed by atoms with E-state index in [-0.39, 0.29) is 0 Å². The second-order valence-corrected chi connectivity index (χ2v) is 5.51. The smallest absolute Gasteiger partial charge is 0.151 e. The molecule has 0 aromatic carbocycles. The first-order chi connectivity index (χ1) is 8.16. The van der Waals surface area contributed by atoms with Crippen molar-refractivity contribution in [1.82, 2.24) is 4.98 Å². The van der Waals surface area contributed by atoms with Crippen molar-refractivity contribution in [1.29, 1.82) is 0 Å². The van der Waals surface area contributed by atoms with Crippen molar-refractivity contribution in [2.24, 2.45) is 0 Å². The average Bonchev–Trinajstić information content (AvgIpc) is 2.73. The van der Waals surface area contributed by atoms with Gasteiger partial charge in [0.05, 0.1) is 5.69 Å². The van der Waals surface area contributed by atoms with Gasteiger partial charge in [-0.15, -0.1) is 11.3 Å². The summed E-state index contributed by atoms with van der Waals surface area (Å²) >= 11 is 1.82. The van der Waals surface area contributed by atoms with Gasteiger partial charge in [-0.3, -0.25) is 0 Å². The Bertz CT molecular complexity index is 491. The van der Waals surface area contributed by atoms with Gasteiger partial charge in [-0.1, -0.05) is 0 Å². The van der Waals surface area contributed by atoms with Gasteiger partial charge in [-0.25, -0.2) is 4.98 Å². The highest BCUT2D eigenvalue weighted by Crippen LogP contribution is 2.22. The number of hydrogen-bond acceptors (Lipinski definition) is 4. The van der Waals surface area contributed by atoms with Gasteiger partial charge in [0.25, 0.3) is 0 Å². The van der Waals surface area contributed by atoms with Gasteiger partial charge < -0.3 is 10.2 Å². The van der Waals surface area contributed by atoms with E-state index in [1.165, 1.54) is 9.75 Å². The summed E-state index contributed by atoms with van der Waals surface area (Å²) in [5.74, 6) is 0.973. The molecule has 0 atom stereocenters. The maximum Gasteiger partial charge on any atom is 0.151 e. The highest BCUT2D eigenvalue weighted by Gasteiger charge is 2.05. The molecule has 0 aliphatic rings. The molecule has 3 nitrogen and oxygen atoms in total. The van der Waals surface area contributed by atoms with Crippen LogP contribution in [0.2, 0.25) is 0 Å². The Morgan fingerprint density at radius 2 is 2.12 bits per heavy atom. The maximum atomic E-state index is 4.36. The first-order valence-corrected chi connectivity index (χ1v) is 6.40. The van der Waals surface area contributed by atoms with Crippen LogP contribution in [0.4, 0.5) is 11.5 Å². The molecule has 90 valence electrons. The number of aromatic nitrogens is 1. The third-order valence-corrected chi connectivity index (χ3v) is 3.46. The van der Waals surface area contributed by atoms with Crippen LogP contribution >= 0.6 is 11.3 Å². The van der Waals surface area contributed by atoms with Crippen LogP contribution in [0.25, 0.3) is 0 Å². The van der Waals surface area contributed by atoms with Gasteiger partial charge >= 0.3 is 0 Å². The Labute approximate surface area is 106 Å². The van der Waals surface area contributed by atoms with E-state index in [1.807, 2.05) is 42.6 Å². The van der Waals surface area contributed by atoms with E-state index in [1.54, 1.807) is 0 Å². The van der Waals surface area contributed by atoms with Crippen molar-refractivity contribution in [2.75, 3.05) is 24.3 Å². The summed E-state index contributed by atoms with van der Waals surface area (Å²) in [5, 5.41) is 3.43. The second kappa shape index (κ2) is 5.19. The molecular weight excluding hydrogens is 230 g/mol. The minimum absolute atomic E-state index is 0.852. The van der Waals surface area contributed by atoms with Crippen LogP contribution in [0.15, 0.2) is 30.5 Å². The van der Waals surface area contributed by atoms with Gasteiger partial charge in [0, 0.05) is 36.6 Å². The second-order valence-electron chi connectivity index (χ2n) is 4.13. The summed E-state index contributed by atoms with van der Waals surface area (Å²) in [6.07, 6.45) is 1.82. The summed E-state index contributed by atoms with van der Waals surface area (Å²) in [5.41, 5.74) is 1.07. The molecule has 0 unspecified atom stereocenters. The Hall–Kier alpha value is -1.55. The average molecular weight is 247 g/mol. The van der Waals surface area contributed by atoms with Gasteiger partial charge in [-0.2, -0.15) is 0 Å². The number of pyridine rings is 1. The third-order valence-electron chi connectivity index (χ3n) is 2.46. The van der Waals surface area contributed by atoms with Crippen molar-refractivity contribution in [2.45, 2.75) is 13.5 Å². The highest BCUT2D eigenvalue weighted by atomic mass is 32.1. The van der Waals surface area contributed by atoms with Crippen LogP contribution in [0.1, 0.15) is 9.75 Å². The zero-order valence-corrected chi connectivity index (χ0v) is 11.2. The van der Waals surface area contributed by atoms with E-state index in [9.17, 15) is 0 Å². The molecule has 0 spiro atoms. The lowest BCUT2D eigenvalue weighted by atomic mass is 10.3. The molecule has 0 radical (unpaired) electrons. The molecule has 4 heteroatoms. The maximum absolute atomic E-state index is 4.36. The molecule has 0 saturated heterocycles. The Balaban J connectivity index is 2.08. The molecular formula is C13H17N3S. The molecule has 0 bridgehead atoms. The van der Waals surface area contributed by atoms with Crippen LogP contribution in [0.3, 0.4) is 0 Å². The quantitative estimate of drug-likeness (QED) is 0.899. The molecule has 2 rings (SSSR count). The lowest BCUT2D eigenvalue weighted by Crippen LogP contribution is -2.13. The normalized spacial score (nSPS) is 10.3. The van der Waals surface area contributed by atoms with E-state index in [0.717, 1.165) is 18.1 Å². The fraction of sp³-hybridized carbons (Fsp3) is 0.308. The van der Waals surface area contributed by atoms with Crippen molar-refractivity contribution in [3.63, 3.8) is 0 Å². The number of thiophene rings is 1. The van der Waals surface area contributed by atoms with Gasteiger partial charge in [-0.05, 0) is 31.2 Å².